The maximum Gasteiger partial charge on any atom is 0.0387 e. The standard InChI is InChI=1S/C51H61N/c1-5-8-9-15-34-51(35-16-11-10-12-17-38-20-21-41-22-23-42(41)36-38)48-19-14-13-18-46(48)47-33-32-45(37-49(47)51)52-44-30-26-40(27-31-44)39-24-28-43(29-25-39)50(4,6-2)7-3/h13-14,18-21,24-33,36-37,52H,5-12,15-17,22-23,34-35H2,1-4H3. The largest absolute Gasteiger partial charge is 0.356 e. The minimum absolute atomic E-state index is 0.0841. The zero-order valence-electron chi connectivity index (χ0n) is 32.5. The van der Waals surface area contributed by atoms with Gasteiger partial charge in [0.1, 0.15) is 0 Å². The Kier molecular flexibility index (Phi) is 11.4. The number of rotatable bonds is 18. The Morgan fingerprint density at radius 2 is 1.19 bits per heavy atom. The Balaban J connectivity index is 1.07. The summed E-state index contributed by atoms with van der Waals surface area (Å²) in [6.07, 6.45) is 19.0. The zero-order valence-corrected chi connectivity index (χ0v) is 32.5. The van der Waals surface area contributed by atoms with E-state index in [4.69, 9.17) is 0 Å². The van der Waals surface area contributed by atoms with Gasteiger partial charge in [0.25, 0.3) is 0 Å². The van der Waals surface area contributed by atoms with E-state index in [-0.39, 0.29) is 10.8 Å². The Labute approximate surface area is 315 Å². The van der Waals surface area contributed by atoms with Crippen molar-refractivity contribution in [3.63, 3.8) is 0 Å². The summed E-state index contributed by atoms with van der Waals surface area (Å²) in [4.78, 5) is 0. The second kappa shape index (κ2) is 16.3. The second-order valence-electron chi connectivity index (χ2n) is 16.3. The molecule has 1 unspecified atom stereocenters. The lowest BCUT2D eigenvalue weighted by Gasteiger charge is -2.33. The van der Waals surface area contributed by atoms with Gasteiger partial charge in [0, 0.05) is 16.8 Å². The van der Waals surface area contributed by atoms with Crippen molar-refractivity contribution in [2.24, 2.45) is 0 Å². The van der Waals surface area contributed by atoms with Crippen molar-refractivity contribution in [1.82, 2.24) is 0 Å². The van der Waals surface area contributed by atoms with Crippen LogP contribution in [0.3, 0.4) is 0 Å². The van der Waals surface area contributed by atoms with E-state index in [1.807, 2.05) is 0 Å². The fourth-order valence-corrected chi connectivity index (χ4v) is 9.20. The maximum absolute atomic E-state index is 3.81. The molecule has 0 fully saturated rings. The Hall–Kier alpha value is -4.10. The topological polar surface area (TPSA) is 12.0 Å². The predicted molar refractivity (Wildman–Crippen MR) is 225 cm³/mol. The summed E-state index contributed by atoms with van der Waals surface area (Å²) in [7, 11) is 0. The van der Waals surface area contributed by atoms with Crippen molar-refractivity contribution in [1.29, 1.82) is 0 Å². The second-order valence-corrected chi connectivity index (χ2v) is 16.3. The summed E-state index contributed by atoms with van der Waals surface area (Å²) in [5, 5.41) is 3.81. The molecule has 0 aromatic heterocycles. The highest BCUT2D eigenvalue weighted by atomic mass is 14.9. The van der Waals surface area contributed by atoms with Crippen LogP contribution < -0.4 is 5.32 Å². The molecule has 52 heavy (non-hydrogen) atoms. The SMILES string of the molecule is CCCCCCC1(CCCCCCc2ccc3c(c2)CC3)c2ccccc2-c2ccc(Nc3ccc(-c4ccc(C(C)(CC)CC)cc4)cc3)cc21. The van der Waals surface area contributed by atoms with Gasteiger partial charge in [-0.15, -0.1) is 0 Å². The van der Waals surface area contributed by atoms with Crippen LogP contribution in [-0.2, 0) is 30.1 Å². The molecule has 1 N–H and O–H groups in total. The number of anilines is 2. The van der Waals surface area contributed by atoms with Crippen molar-refractivity contribution >= 4 is 11.4 Å². The van der Waals surface area contributed by atoms with Gasteiger partial charge in [0.2, 0.25) is 0 Å². The van der Waals surface area contributed by atoms with Crippen LogP contribution in [0.5, 0.6) is 0 Å². The third kappa shape index (κ3) is 7.52. The van der Waals surface area contributed by atoms with Crippen molar-refractivity contribution in [3.05, 3.63) is 143 Å². The smallest absolute Gasteiger partial charge is 0.0387 e. The highest BCUT2D eigenvalue weighted by Crippen LogP contribution is 2.55. The third-order valence-corrected chi connectivity index (χ3v) is 13.1. The van der Waals surface area contributed by atoms with Crippen LogP contribution in [0.2, 0.25) is 0 Å². The third-order valence-electron chi connectivity index (χ3n) is 13.1. The average Bonchev–Trinajstić information content (AvgIpc) is 3.44. The molecule has 0 radical (unpaired) electrons. The first-order valence-electron chi connectivity index (χ1n) is 20.8. The summed E-state index contributed by atoms with van der Waals surface area (Å²) in [5.41, 5.74) is 17.4. The first kappa shape index (κ1) is 36.3. The van der Waals surface area contributed by atoms with Crippen molar-refractivity contribution < 1.29 is 0 Å². The molecule has 270 valence electrons. The Morgan fingerprint density at radius 1 is 0.558 bits per heavy atom. The lowest BCUT2D eigenvalue weighted by molar-refractivity contribution is 0.400. The van der Waals surface area contributed by atoms with Crippen LogP contribution in [0, 0.1) is 0 Å². The molecule has 0 bridgehead atoms. The number of benzene rings is 5. The van der Waals surface area contributed by atoms with Gasteiger partial charge in [-0.05, 0) is 137 Å². The Morgan fingerprint density at radius 3 is 1.87 bits per heavy atom. The molecule has 1 atom stereocenters. The number of nitrogens with one attached hydrogen (secondary N) is 1. The summed E-state index contributed by atoms with van der Waals surface area (Å²) in [6, 6.07) is 42.0. The van der Waals surface area contributed by atoms with Crippen LogP contribution >= 0.6 is 0 Å². The molecule has 0 saturated heterocycles. The molecule has 7 rings (SSSR count). The van der Waals surface area contributed by atoms with E-state index in [1.54, 1.807) is 27.8 Å². The number of unbranched alkanes of at least 4 members (excludes halogenated alkanes) is 6. The normalized spacial score (nSPS) is 15.8. The molecule has 2 aliphatic rings. The Bertz CT molecular complexity index is 1930. The summed E-state index contributed by atoms with van der Waals surface area (Å²) >= 11 is 0. The average molecular weight is 688 g/mol. The van der Waals surface area contributed by atoms with Crippen molar-refractivity contribution in [2.75, 3.05) is 5.32 Å². The summed E-state index contributed by atoms with van der Waals surface area (Å²) in [6.45, 7) is 9.31. The fourth-order valence-electron chi connectivity index (χ4n) is 9.20. The van der Waals surface area contributed by atoms with Crippen LogP contribution in [0.15, 0.2) is 109 Å². The fraction of sp³-hybridized carbons (Fsp3) is 0.412. The summed E-state index contributed by atoms with van der Waals surface area (Å²) < 4.78 is 0. The first-order valence-corrected chi connectivity index (χ1v) is 20.8. The van der Waals surface area contributed by atoms with Gasteiger partial charge in [0.15, 0.2) is 0 Å². The van der Waals surface area contributed by atoms with E-state index in [1.165, 1.54) is 117 Å². The van der Waals surface area contributed by atoms with Gasteiger partial charge in [0.05, 0.1) is 0 Å². The van der Waals surface area contributed by atoms with Crippen LogP contribution in [-0.4, -0.2) is 0 Å². The monoisotopic (exact) mass is 687 g/mol. The van der Waals surface area contributed by atoms with E-state index < -0.39 is 0 Å². The van der Waals surface area contributed by atoms with Gasteiger partial charge in [-0.3, -0.25) is 0 Å². The van der Waals surface area contributed by atoms with Gasteiger partial charge in [-0.25, -0.2) is 0 Å². The van der Waals surface area contributed by atoms with E-state index >= 15 is 0 Å². The molecule has 0 aliphatic heterocycles. The van der Waals surface area contributed by atoms with Crippen LogP contribution in [0.4, 0.5) is 11.4 Å². The van der Waals surface area contributed by atoms with E-state index in [0.717, 1.165) is 18.5 Å². The molecule has 0 saturated carbocycles. The molecule has 2 aliphatic carbocycles. The number of hydrogen-bond donors (Lipinski definition) is 1. The molecule has 5 aromatic carbocycles. The van der Waals surface area contributed by atoms with Crippen molar-refractivity contribution in [3.8, 4) is 22.3 Å². The molecular weight excluding hydrogens is 627 g/mol. The minimum atomic E-state index is 0.0841. The molecule has 0 spiro atoms. The quantitative estimate of drug-likeness (QED) is 0.0904. The summed E-state index contributed by atoms with van der Waals surface area (Å²) in [5.74, 6) is 0. The number of aryl methyl sites for hydroxylation is 3. The zero-order chi connectivity index (χ0) is 36.0. The van der Waals surface area contributed by atoms with E-state index in [9.17, 15) is 0 Å². The van der Waals surface area contributed by atoms with Crippen LogP contribution in [0.25, 0.3) is 22.3 Å². The lowest BCUT2D eigenvalue weighted by atomic mass is 9.70. The lowest BCUT2D eigenvalue weighted by Crippen LogP contribution is -2.25. The highest BCUT2D eigenvalue weighted by molar-refractivity contribution is 5.83. The molecule has 1 heteroatoms. The molecule has 0 heterocycles. The molecular formula is C51H61N. The minimum Gasteiger partial charge on any atom is -0.356 e. The molecule has 0 amide bonds. The number of fused-ring (bicyclic) bond motifs is 4. The highest BCUT2D eigenvalue weighted by Gasteiger charge is 2.42. The van der Waals surface area contributed by atoms with Gasteiger partial charge >= 0.3 is 0 Å². The number of hydrogen-bond acceptors (Lipinski definition) is 1. The van der Waals surface area contributed by atoms with Crippen LogP contribution in [0.1, 0.15) is 138 Å². The van der Waals surface area contributed by atoms with Gasteiger partial charge in [-0.1, -0.05) is 158 Å². The van der Waals surface area contributed by atoms with Gasteiger partial charge < -0.3 is 5.32 Å². The molecule has 5 aromatic rings. The van der Waals surface area contributed by atoms with Crippen molar-refractivity contribution in [2.45, 2.75) is 135 Å². The van der Waals surface area contributed by atoms with Gasteiger partial charge in [-0.2, -0.15) is 0 Å². The van der Waals surface area contributed by atoms with E-state index in [2.05, 4.69) is 142 Å². The molecule has 1 nitrogen and oxygen atoms in total. The maximum atomic E-state index is 3.81. The first-order chi connectivity index (χ1) is 25.5. The van der Waals surface area contributed by atoms with E-state index in [0.29, 0.717) is 0 Å². The predicted octanol–water partition coefficient (Wildman–Crippen LogP) is 14.7.